The summed E-state index contributed by atoms with van der Waals surface area (Å²) in [6.45, 7) is 0.230. The van der Waals surface area contributed by atoms with Gasteiger partial charge in [-0.05, 0) is 42.9 Å². The topological polar surface area (TPSA) is 44.1 Å². The summed E-state index contributed by atoms with van der Waals surface area (Å²) in [5.41, 5.74) is 1.18. The molecule has 2 aliphatic carbocycles. The lowest BCUT2D eigenvalue weighted by Gasteiger charge is -2.19. The van der Waals surface area contributed by atoms with E-state index in [0.717, 1.165) is 24.3 Å². The van der Waals surface area contributed by atoms with Crippen molar-refractivity contribution in [1.82, 2.24) is 4.90 Å². The van der Waals surface area contributed by atoms with E-state index in [9.17, 15) is 4.79 Å². The van der Waals surface area contributed by atoms with Crippen molar-refractivity contribution < 1.29 is 4.79 Å². The van der Waals surface area contributed by atoms with E-state index in [0.29, 0.717) is 12.0 Å². The van der Waals surface area contributed by atoms with Crippen LogP contribution in [0.15, 0.2) is 24.3 Å². The lowest BCUT2D eigenvalue weighted by atomic mass is 10.1. The quantitative estimate of drug-likeness (QED) is 0.793. The van der Waals surface area contributed by atoms with E-state index in [2.05, 4.69) is 6.07 Å². The number of carbonyl (C=O) groups excluding carboxylic acids is 1. The van der Waals surface area contributed by atoms with E-state index in [1.807, 2.05) is 24.3 Å². The molecular formula is C15H15ClN2O. The van der Waals surface area contributed by atoms with E-state index in [1.54, 1.807) is 4.90 Å². The molecule has 3 nitrogen and oxygen atoms in total. The summed E-state index contributed by atoms with van der Waals surface area (Å²) in [6, 6.07) is 10.1. The van der Waals surface area contributed by atoms with Gasteiger partial charge in [-0.2, -0.15) is 5.26 Å². The van der Waals surface area contributed by atoms with Crippen molar-refractivity contribution in [2.24, 2.45) is 5.92 Å². The molecule has 2 saturated carbocycles. The van der Waals surface area contributed by atoms with Gasteiger partial charge in [-0.15, -0.1) is 0 Å². The smallest absolute Gasteiger partial charge is 0.227 e. The highest BCUT2D eigenvalue weighted by Gasteiger charge is 2.48. The van der Waals surface area contributed by atoms with E-state index < -0.39 is 0 Å². The van der Waals surface area contributed by atoms with E-state index in [1.165, 1.54) is 5.56 Å². The standard InChI is InChI=1S/C15H15ClN2O/c16-11-3-1-10(2-4-11)13-9-14(13)15(19)18(8-7-17)12-5-6-12/h1-4,12-14H,5-6,8-9H2/t13-,14-/m1/s1. The number of carbonyl (C=O) groups is 1. The molecule has 0 unspecified atom stereocenters. The summed E-state index contributed by atoms with van der Waals surface area (Å²) >= 11 is 5.87. The third kappa shape index (κ3) is 2.59. The Labute approximate surface area is 117 Å². The molecule has 0 saturated heterocycles. The highest BCUT2D eigenvalue weighted by Crippen LogP contribution is 2.49. The predicted octanol–water partition coefficient (Wildman–Crippen LogP) is 2.96. The van der Waals surface area contributed by atoms with Crippen molar-refractivity contribution in [2.45, 2.75) is 31.2 Å². The zero-order valence-corrected chi connectivity index (χ0v) is 11.3. The zero-order chi connectivity index (χ0) is 13.4. The minimum absolute atomic E-state index is 0.0649. The molecule has 0 heterocycles. The van der Waals surface area contributed by atoms with Gasteiger partial charge in [-0.3, -0.25) is 4.79 Å². The van der Waals surface area contributed by atoms with Crippen LogP contribution in [0.25, 0.3) is 0 Å². The van der Waals surface area contributed by atoms with Gasteiger partial charge in [-0.1, -0.05) is 23.7 Å². The van der Waals surface area contributed by atoms with Crippen molar-refractivity contribution >= 4 is 17.5 Å². The second-order valence-electron chi connectivity index (χ2n) is 5.36. The number of benzene rings is 1. The Morgan fingerprint density at radius 2 is 2.05 bits per heavy atom. The maximum Gasteiger partial charge on any atom is 0.227 e. The molecule has 0 aromatic heterocycles. The van der Waals surface area contributed by atoms with Crippen LogP contribution >= 0.6 is 11.6 Å². The molecule has 2 aliphatic rings. The van der Waals surface area contributed by atoms with Crippen molar-refractivity contribution in [2.75, 3.05) is 6.54 Å². The lowest BCUT2D eigenvalue weighted by Crippen LogP contribution is -2.34. The number of hydrogen-bond donors (Lipinski definition) is 0. The first-order valence-corrected chi connectivity index (χ1v) is 7.01. The molecule has 0 aliphatic heterocycles. The van der Waals surface area contributed by atoms with Gasteiger partial charge in [0.15, 0.2) is 0 Å². The van der Waals surface area contributed by atoms with Crippen molar-refractivity contribution in [1.29, 1.82) is 5.26 Å². The first-order chi connectivity index (χ1) is 9.20. The van der Waals surface area contributed by atoms with Crippen molar-refractivity contribution in [3.63, 3.8) is 0 Å². The number of rotatable bonds is 4. The molecule has 1 aromatic carbocycles. The monoisotopic (exact) mass is 274 g/mol. The highest BCUT2D eigenvalue weighted by molar-refractivity contribution is 6.30. The number of amides is 1. The van der Waals surface area contributed by atoms with Crippen LogP contribution in [0.5, 0.6) is 0 Å². The number of hydrogen-bond acceptors (Lipinski definition) is 2. The van der Waals surface area contributed by atoms with Crippen molar-refractivity contribution in [3.05, 3.63) is 34.9 Å². The van der Waals surface area contributed by atoms with Gasteiger partial charge in [0.05, 0.1) is 6.07 Å². The van der Waals surface area contributed by atoms with Crippen LogP contribution in [0, 0.1) is 17.2 Å². The van der Waals surface area contributed by atoms with Crippen LogP contribution in [-0.4, -0.2) is 23.4 Å². The van der Waals surface area contributed by atoms with Crippen LogP contribution in [0.4, 0.5) is 0 Å². The molecule has 98 valence electrons. The lowest BCUT2D eigenvalue weighted by molar-refractivity contribution is -0.132. The Balaban J connectivity index is 1.66. The van der Waals surface area contributed by atoms with Crippen LogP contribution in [0.3, 0.4) is 0 Å². The Kier molecular flexibility index (Phi) is 3.20. The number of nitrogens with zero attached hydrogens (tertiary/aromatic N) is 2. The maximum atomic E-state index is 12.4. The summed E-state index contributed by atoms with van der Waals surface area (Å²) in [4.78, 5) is 14.1. The first kappa shape index (κ1) is 12.5. The van der Waals surface area contributed by atoms with Gasteiger partial charge in [0.25, 0.3) is 0 Å². The molecule has 1 aromatic rings. The van der Waals surface area contributed by atoms with Crippen LogP contribution in [-0.2, 0) is 4.79 Å². The first-order valence-electron chi connectivity index (χ1n) is 6.63. The second kappa shape index (κ2) is 4.86. The summed E-state index contributed by atoms with van der Waals surface area (Å²) in [5, 5.41) is 9.54. The summed E-state index contributed by atoms with van der Waals surface area (Å²) in [5.74, 6) is 0.531. The van der Waals surface area contributed by atoms with Crippen LogP contribution in [0.2, 0.25) is 5.02 Å². The minimum Gasteiger partial charge on any atom is -0.326 e. The van der Waals surface area contributed by atoms with E-state index >= 15 is 0 Å². The Morgan fingerprint density at radius 1 is 1.37 bits per heavy atom. The van der Waals surface area contributed by atoms with Gasteiger partial charge in [0.2, 0.25) is 5.91 Å². The minimum atomic E-state index is 0.0649. The Hall–Kier alpha value is -1.53. The van der Waals surface area contributed by atoms with Gasteiger partial charge >= 0.3 is 0 Å². The van der Waals surface area contributed by atoms with Gasteiger partial charge in [-0.25, -0.2) is 0 Å². The normalized spacial score (nSPS) is 24.6. The molecule has 3 rings (SSSR count). The predicted molar refractivity (Wildman–Crippen MR) is 72.6 cm³/mol. The zero-order valence-electron chi connectivity index (χ0n) is 10.6. The number of nitriles is 1. The fourth-order valence-electron chi connectivity index (χ4n) is 2.61. The Morgan fingerprint density at radius 3 is 2.63 bits per heavy atom. The molecule has 1 amide bonds. The Bertz CT molecular complexity index is 530. The molecule has 0 radical (unpaired) electrons. The molecule has 0 N–H and O–H groups in total. The summed E-state index contributed by atoms with van der Waals surface area (Å²) in [6.07, 6.45) is 2.99. The van der Waals surface area contributed by atoms with Gasteiger partial charge < -0.3 is 4.90 Å². The summed E-state index contributed by atoms with van der Waals surface area (Å²) < 4.78 is 0. The molecule has 2 atom stereocenters. The van der Waals surface area contributed by atoms with E-state index in [4.69, 9.17) is 16.9 Å². The third-order valence-electron chi connectivity index (χ3n) is 3.92. The molecule has 0 bridgehead atoms. The number of halogens is 1. The maximum absolute atomic E-state index is 12.4. The SMILES string of the molecule is N#CCN(C(=O)[C@@H]1C[C@@H]1c1ccc(Cl)cc1)C1CC1. The molecule has 4 heteroatoms. The van der Waals surface area contributed by atoms with E-state index in [-0.39, 0.29) is 18.4 Å². The largest absolute Gasteiger partial charge is 0.326 e. The van der Waals surface area contributed by atoms with Crippen molar-refractivity contribution in [3.8, 4) is 6.07 Å². The highest BCUT2D eigenvalue weighted by atomic mass is 35.5. The molecule has 2 fully saturated rings. The van der Waals surface area contributed by atoms with Gasteiger partial charge in [0, 0.05) is 17.0 Å². The third-order valence-corrected chi connectivity index (χ3v) is 4.17. The summed E-state index contributed by atoms with van der Waals surface area (Å²) in [7, 11) is 0. The fraction of sp³-hybridized carbons (Fsp3) is 0.467. The molecule has 19 heavy (non-hydrogen) atoms. The fourth-order valence-corrected chi connectivity index (χ4v) is 2.73. The average molecular weight is 275 g/mol. The van der Waals surface area contributed by atoms with Gasteiger partial charge in [0.1, 0.15) is 6.54 Å². The molecule has 0 spiro atoms. The second-order valence-corrected chi connectivity index (χ2v) is 5.79. The molecular weight excluding hydrogens is 260 g/mol. The van der Waals surface area contributed by atoms with Crippen LogP contribution in [0.1, 0.15) is 30.7 Å². The van der Waals surface area contributed by atoms with Crippen LogP contribution < -0.4 is 0 Å². The average Bonchev–Trinajstić information content (AvgIpc) is 3.28.